The van der Waals surface area contributed by atoms with Gasteiger partial charge in [0.25, 0.3) is 0 Å². The van der Waals surface area contributed by atoms with E-state index in [9.17, 15) is 9.18 Å². The Morgan fingerprint density at radius 1 is 1.14 bits per heavy atom. The predicted octanol–water partition coefficient (Wildman–Crippen LogP) is 3.34. The predicted molar refractivity (Wildman–Crippen MR) is 83.8 cm³/mol. The maximum Gasteiger partial charge on any atom is 0.227 e. The van der Waals surface area contributed by atoms with Crippen LogP contribution in [0.4, 0.5) is 10.1 Å². The molecule has 0 heterocycles. The SMILES string of the molecule is Cl.NC1C2CCCC1CC(C(=O)Nc1ccc(F)cc1)C2. The fourth-order valence-electron chi connectivity index (χ4n) is 3.78. The first-order valence-corrected chi connectivity index (χ1v) is 7.45. The van der Waals surface area contributed by atoms with E-state index < -0.39 is 0 Å². The molecule has 1 aromatic carbocycles. The molecule has 3 N–H and O–H groups in total. The van der Waals surface area contributed by atoms with E-state index in [0.29, 0.717) is 17.5 Å². The maximum absolute atomic E-state index is 12.9. The minimum Gasteiger partial charge on any atom is -0.327 e. The summed E-state index contributed by atoms with van der Waals surface area (Å²) in [5, 5.41) is 2.90. The van der Waals surface area contributed by atoms with Crippen LogP contribution in [0, 0.1) is 23.6 Å². The third-order valence-corrected chi connectivity index (χ3v) is 4.90. The standard InChI is InChI=1S/C16H21FN2O.ClH/c17-13-4-6-14(7-5-13)19-16(20)12-8-10-2-1-3-11(9-12)15(10)18;/h4-7,10-12,15H,1-3,8-9,18H2,(H,19,20);1H. The number of nitrogens with one attached hydrogen (secondary N) is 1. The molecule has 2 aliphatic carbocycles. The Balaban J connectivity index is 0.00000161. The van der Waals surface area contributed by atoms with Gasteiger partial charge in [0.05, 0.1) is 0 Å². The normalized spacial score (nSPS) is 31.1. The van der Waals surface area contributed by atoms with Gasteiger partial charge in [0.1, 0.15) is 5.82 Å². The Morgan fingerprint density at radius 3 is 2.29 bits per heavy atom. The van der Waals surface area contributed by atoms with Crippen molar-refractivity contribution in [2.75, 3.05) is 5.32 Å². The van der Waals surface area contributed by atoms with E-state index in [4.69, 9.17) is 5.73 Å². The van der Waals surface area contributed by atoms with Gasteiger partial charge in [-0.15, -0.1) is 12.4 Å². The van der Waals surface area contributed by atoms with Gasteiger partial charge in [-0.3, -0.25) is 4.79 Å². The molecule has 1 amide bonds. The molecule has 0 radical (unpaired) electrons. The summed E-state index contributed by atoms with van der Waals surface area (Å²) < 4.78 is 12.9. The third-order valence-electron chi connectivity index (χ3n) is 4.90. The number of fused-ring (bicyclic) bond motifs is 2. The number of benzene rings is 1. The first-order chi connectivity index (χ1) is 9.63. The molecule has 21 heavy (non-hydrogen) atoms. The molecule has 0 saturated heterocycles. The van der Waals surface area contributed by atoms with Crippen molar-refractivity contribution in [3.8, 4) is 0 Å². The van der Waals surface area contributed by atoms with Crippen molar-refractivity contribution < 1.29 is 9.18 Å². The summed E-state index contributed by atoms with van der Waals surface area (Å²) in [5.74, 6) is 0.801. The lowest BCUT2D eigenvalue weighted by Gasteiger charge is -2.43. The highest BCUT2D eigenvalue weighted by atomic mass is 35.5. The molecular formula is C16H22ClFN2O. The second-order valence-corrected chi connectivity index (χ2v) is 6.19. The molecule has 0 spiro atoms. The second kappa shape index (κ2) is 6.75. The lowest BCUT2D eigenvalue weighted by atomic mass is 9.65. The number of halogens is 2. The minimum atomic E-state index is -0.291. The number of nitrogens with two attached hydrogens (primary N) is 1. The zero-order valence-electron chi connectivity index (χ0n) is 11.9. The fraction of sp³-hybridized carbons (Fsp3) is 0.562. The lowest BCUT2D eigenvalue weighted by Crippen LogP contribution is -2.48. The molecule has 2 saturated carbocycles. The molecule has 2 fully saturated rings. The van der Waals surface area contributed by atoms with Gasteiger partial charge in [0.2, 0.25) is 5.91 Å². The van der Waals surface area contributed by atoms with Crippen LogP contribution in [0.3, 0.4) is 0 Å². The van der Waals surface area contributed by atoms with Crippen molar-refractivity contribution in [3.05, 3.63) is 30.1 Å². The number of carbonyl (C=O) groups excluding carboxylic acids is 1. The van der Waals surface area contributed by atoms with Crippen molar-refractivity contribution in [3.63, 3.8) is 0 Å². The van der Waals surface area contributed by atoms with Gasteiger partial charge in [0, 0.05) is 17.6 Å². The van der Waals surface area contributed by atoms with Gasteiger partial charge < -0.3 is 11.1 Å². The summed E-state index contributed by atoms with van der Waals surface area (Å²) in [4.78, 5) is 12.3. The molecule has 3 rings (SSSR count). The van der Waals surface area contributed by atoms with Crippen molar-refractivity contribution in [1.82, 2.24) is 0 Å². The van der Waals surface area contributed by atoms with Crippen LogP contribution >= 0.6 is 12.4 Å². The molecular weight excluding hydrogens is 291 g/mol. The van der Waals surface area contributed by atoms with Crippen LogP contribution in [-0.4, -0.2) is 11.9 Å². The molecule has 2 unspecified atom stereocenters. The first-order valence-electron chi connectivity index (χ1n) is 7.45. The Morgan fingerprint density at radius 2 is 1.71 bits per heavy atom. The first kappa shape index (κ1) is 16.2. The maximum atomic E-state index is 12.9. The average molecular weight is 313 g/mol. The number of rotatable bonds is 2. The number of hydrogen-bond donors (Lipinski definition) is 2. The molecule has 1 aromatic rings. The van der Waals surface area contributed by atoms with Gasteiger partial charge in [0.15, 0.2) is 0 Å². The topological polar surface area (TPSA) is 55.1 Å². The summed E-state index contributed by atoms with van der Waals surface area (Å²) in [7, 11) is 0. The Hall–Kier alpha value is -1.13. The highest BCUT2D eigenvalue weighted by Gasteiger charge is 2.40. The van der Waals surface area contributed by atoms with E-state index in [1.807, 2.05) is 0 Å². The largest absolute Gasteiger partial charge is 0.327 e. The lowest BCUT2D eigenvalue weighted by molar-refractivity contribution is -0.122. The summed E-state index contributed by atoms with van der Waals surface area (Å²) in [6.07, 6.45) is 5.33. The molecule has 116 valence electrons. The second-order valence-electron chi connectivity index (χ2n) is 6.19. The van der Waals surface area contributed by atoms with Crippen LogP contribution in [0.15, 0.2) is 24.3 Å². The van der Waals surface area contributed by atoms with Crippen molar-refractivity contribution in [2.24, 2.45) is 23.5 Å². The average Bonchev–Trinajstić information content (AvgIpc) is 2.41. The minimum absolute atomic E-state index is 0. The van der Waals surface area contributed by atoms with Crippen molar-refractivity contribution in [1.29, 1.82) is 0 Å². The van der Waals surface area contributed by atoms with Gasteiger partial charge >= 0.3 is 0 Å². The van der Waals surface area contributed by atoms with Crippen molar-refractivity contribution >= 4 is 24.0 Å². The summed E-state index contributed by atoms with van der Waals surface area (Å²) in [6, 6.07) is 6.20. The molecule has 2 atom stereocenters. The monoisotopic (exact) mass is 312 g/mol. The zero-order valence-corrected chi connectivity index (χ0v) is 12.7. The van der Waals surface area contributed by atoms with E-state index in [1.165, 1.54) is 18.6 Å². The van der Waals surface area contributed by atoms with E-state index in [0.717, 1.165) is 25.7 Å². The van der Waals surface area contributed by atoms with Gasteiger partial charge in [-0.25, -0.2) is 4.39 Å². The Bertz CT molecular complexity index is 480. The third kappa shape index (κ3) is 3.55. The molecule has 0 aliphatic heterocycles. The smallest absolute Gasteiger partial charge is 0.227 e. The molecule has 5 heteroatoms. The van der Waals surface area contributed by atoms with Crippen LogP contribution in [0.5, 0.6) is 0 Å². The van der Waals surface area contributed by atoms with E-state index in [-0.39, 0.29) is 36.1 Å². The summed E-state index contributed by atoms with van der Waals surface area (Å²) in [6.45, 7) is 0. The fourth-order valence-corrected chi connectivity index (χ4v) is 3.78. The summed E-state index contributed by atoms with van der Waals surface area (Å²) in [5.41, 5.74) is 6.91. The molecule has 3 nitrogen and oxygen atoms in total. The number of anilines is 1. The van der Waals surface area contributed by atoms with Crippen LogP contribution in [-0.2, 0) is 4.79 Å². The van der Waals surface area contributed by atoms with Crippen LogP contribution in [0.25, 0.3) is 0 Å². The Kier molecular flexibility index (Phi) is 5.22. The van der Waals surface area contributed by atoms with E-state index in [2.05, 4.69) is 5.32 Å². The summed E-state index contributed by atoms with van der Waals surface area (Å²) >= 11 is 0. The van der Waals surface area contributed by atoms with Crippen LogP contribution in [0.1, 0.15) is 32.1 Å². The quantitative estimate of drug-likeness (QED) is 0.880. The van der Waals surface area contributed by atoms with Crippen molar-refractivity contribution in [2.45, 2.75) is 38.1 Å². The number of carbonyl (C=O) groups is 1. The highest BCUT2D eigenvalue weighted by Crippen LogP contribution is 2.42. The molecule has 2 bridgehead atoms. The Labute approximate surface area is 130 Å². The van der Waals surface area contributed by atoms with Gasteiger partial charge in [-0.2, -0.15) is 0 Å². The van der Waals surface area contributed by atoms with Gasteiger partial charge in [-0.05, 0) is 61.8 Å². The van der Waals surface area contributed by atoms with Gasteiger partial charge in [-0.1, -0.05) is 6.42 Å². The molecule has 2 aliphatic rings. The van der Waals surface area contributed by atoms with Crippen LogP contribution in [0.2, 0.25) is 0 Å². The van der Waals surface area contributed by atoms with E-state index >= 15 is 0 Å². The highest BCUT2D eigenvalue weighted by molar-refractivity contribution is 5.92. The van der Waals surface area contributed by atoms with E-state index in [1.54, 1.807) is 12.1 Å². The number of hydrogen-bond acceptors (Lipinski definition) is 2. The molecule has 0 aromatic heterocycles. The number of amides is 1. The van der Waals surface area contributed by atoms with Crippen LogP contribution < -0.4 is 11.1 Å². The zero-order chi connectivity index (χ0) is 14.1.